The highest BCUT2D eigenvalue weighted by Gasteiger charge is 2.32. The number of H-pyrrole nitrogens is 1. The number of rotatable bonds is 5. The van der Waals surface area contributed by atoms with E-state index in [0.29, 0.717) is 12.4 Å². The first-order valence-electron chi connectivity index (χ1n) is 7.08. The molecule has 1 aromatic rings. The summed E-state index contributed by atoms with van der Waals surface area (Å²) in [5, 5.41) is 12.8. The van der Waals surface area contributed by atoms with E-state index in [1.807, 2.05) is 20.8 Å². The average Bonchev–Trinajstić information content (AvgIpc) is 2.72. The number of hydrogen-bond acceptors (Lipinski definition) is 5. The Morgan fingerprint density at radius 2 is 2.24 bits per heavy atom. The molecule has 7 nitrogen and oxygen atoms in total. The molecule has 1 aliphatic rings. The van der Waals surface area contributed by atoms with Gasteiger partial charge in [0.2, 0.25) is 0 Å². The van der Waals surface area contributed by atoms with Crippen molar-refractivity contribution in [1.29, 1.82) is 0 Å². The Hall–Kier alpha value is -1.60. The topological polar surface area (TPSA) is 88.3 Å². The van der Waals surface area contributed by atoms with Gasteiger partial charge in [-0.25, -0.2) is 4.79 Å². The molecule has 0 atom stereocenters. The van der Waals surface area contributed by atoms with Crippen molar-refractivity contribution in [3.8, 4) is 0 Å². The van der Waals surface area contributed by atoms with Crippen LogP contribution in [0, 0.1) is 5.41 Å². The average molecular weight is 296 g/mol. The number of nitrogens with one attached hydrogen (secondary N) is 3. The summed E-state index contributed by atoms with van der Waals surface area (Å²) in [6.45, 7) is 10.7. The van der Waals surface area contributed by atoms with Crippen molar-refractivity contribution >= 4 is 11.9 Å². The second-order valence-electron chi connectivity index (χ2n) is 6.80. The molecule has 1 amide bonds. The smallest absolute Gasteiger partial charge is 0.413 e. The minimum Gasteiger partial charge on any atom is -0.444 e. The van der Waals surface area contributed by atoms with Crippen LogP contribution in [0.3, 0.4) is 0 Å². The number of nitrogens with zero attached hydrogens (tertiary/aromatic N) is 1. The summed E-state index contributed by atoms with van der Waals surface area (Å²) in [6, 6.07) is 0. The third-order valence-corrected chi connectivity index (χ3v) is 3.11. The molecule has 2 heterocycles. The van der Waals surface area contributed by atoms with Gasteiger partial charge in [0.15, 0.2) is 0 Å². The van der Waals surface area contributed by atoms with Crippen LogP contribution < -0.4 is 10.6 Å². The number of carbonyl (C=O) groups excluding carboxylic acids is 1. The van der Waals surface area contributed by atoms with Gasteiger partial charge in [-0.15, -0.1) is 0 Å². The minimum atomic E-state index is -0.526. The largest absolute Gasteiger partial charge is 0.444 e. The van der Waals surface area contributed by atoms with Gasteiger partial charge in [-0.3, -0.25) is 10.4 Å². The van der Waals surface area contributed by atoms with Crippen LogP contribution in [0.5, 0.6) is 0 Å². The molecule has 0 unspecified atom stereocenters. The van der Waals surface area contributed by atoms with Crippen LogP contribution in [0.2, 0.25) is 0 Å². The lowest BCUT2D eigenvalue weighted by molar-refractivity contribution is -0.0991. The zero-order chi connectivity index (χ0) is 15.5. The second kappa shape index (κ2) is 6.03. The molecule has 3 N–H and O–H groups in total. The van der Waals surface area contributed by atoms with E-state index >= 15 is 0 Å². The molecule has 0 spiro atoms. The van der Waals surface area contributed by atoms with Crippen LogP contribution in [0.1, 0.15) is 33.3 Å². The van der Waals surface area contributed by atoms with Crippen molar-refractivity contribution in [3.05, 3.63) is 11.8 Å². The first kappa shape index (κ1) is 15.8. The summed E-state index contributed by atoms with van der Waals surface area (Å²) in [5.74, 6) is 0.562. The van der Waals surface area contributed by atoms with Gasteiger partial charge < -0.3 is 14.8 Å². The maximum atomic E-state index is 11.7. The van der Waals surface area contributed by atoms with E-state index in [1.54, 1.807) is 6.20 Å². The maximum Gasteiger partial charge on any atom is 0.413 e. The molecule has 1 aromatic heterocycles. The highest BCUT2D eigenvalue weighted by Crippen LogP contribution is 2.25. The molecule has 118 valence electrons. The zero-order valence-electron chi connectivity index (χ0n) is 13.1. The van der Waals surface area contributed by atoms with Gasteiger partial charge in [-0.2, -0.15) is 5.10 Å². The Kier molecular flexibility index (Phi) is 4.53. The predicted octanol–water partition coefficient (Wildman–Crippen LogP) is 1.88. The van der Waals surface area contributed by atoms with Gasteiger partial charge in [0.25, 0.3) is 0 Å². The Bertz CT molecular complexity index is 489. The third kappa shape index (κ3) is 4.71. The molecule has 0 aliphatic carbocycles. The molecule has 7 heteroatoms. The minimum absolute atomic E-state index is 0.211. The molecule has 2 rings (SSSR count). The van der Waals surface area contributed by atoms with Gasteiger partial charge >= 0.3 is 6.09 Å². The van der Waals surface area contributed by atoms with Crippen molar-refractivity contribution in [3.63, 3.8) is 0 Å². The molecule has 0 saturated carbocycles. The van der Waals surface area contributed by atoms with E-state index in [2.05, 4.69) is 27.8 Å². The highest BCUT2D eigenvalue weighted by atomic mass is 16.6. The van der Waals surface area contributed by atoms with Crippen LogP contribution in [0.25, 0.3) is 0 Å². The number of hydrogen-bond donors (Lipinski definition) is 3. The lowest BCUT2D eigenvalue weighted by Crippen LogP contribution is -2.47. The van der Waals surface area contributed by atoms with Gasteiger partial charge in [0.05, 0.1) is 19.4 Å². The number of amides is 1. The van der Waals surface area contributed by atoms with Crippen molar-refractivity contribution in [1.82, 2.24) is 15.5 Å². The molecule has 1 fully saturated rings. The Morgan fingerprint density at radius 3 is 2.81 bits per heavy atom. The predicted molar refractivity (Wildman–Crippen MR) is 79.1 cm³/mol. The van der Waals surface area contributed by atoms with Gasteiger partial charge in [0.1, 0.15) is 11.4 Å². The number of carbonyl (C=O) groups is 1. The maximum absolute atomic E-state index is 11.7. The quantitative estimate of drug-likeness (QED) is 0.772. The van der Waals surface area contributed by atoms with Crippen molar-refractivity contribution < 1.29 is 14.3 Å². The van der Waals surface area contributed by atoms with Crippen molar-refractivity contribution in [2.24, 2.45) is 5.41 Å². The molecule has 0 bridgehead atoms. The summed E-state index contributed by atoms with van der Waals surface area (Å²) in [5.41, 5.74) is 0.578. The molecule has 1 aliphatic heterocycles. The van der Waals surface area contributed by atoms with E-state index in [0.717, 1.165) is 25.3 Å². The first-order valence-corrected chi connectivity index (χ1v) is 7.08. The number of anilines is 1. The standard InChI is InChI=1S/C14H24N4O3/c1-13(2,3)21-12(19)17-11-10(6-16-18-11)5-15-7-14(4)8-20-9-14/h6,15H,5,7-9H2,1-4H3,(H2,16,17,18,19). The van der Waals surface area contributed by atoms with Crippen LogP contribution in [-0.4, -0.2) is 41.7 Å². The van der Waals surface area contributed by atoms with E-state index in [1.165, 1.54) is 0 Å². The van der Waals surface area contributed by atoms with E-state index in [9.17, 15) is 4.79 Å². The molecular weight excluding hydrogens is 272 g/mol. The summed E-state index contributed by atoms with van der Waals surface area (Å²) in [4.78, 5) is 11.7. The van der Waals surface area contributed by atoms with Crippen LogP contribution in [-0.2, 0) is 16.0 Å². The first-order chi connectivity index (χ1) is 9.77. The number of aromatic amines is 1. The number of ether oxygens (including phenoxy) is 2. The van der Waals surface area contributed by atoms with E-state index in [4.69, 9.17) is 9.47 Å². The van der Waals surface area contributed by atoms with E-state index < -0.39 is 11.7 Å². The molecule has 0 radical (unpaired) electrons. The summed E-state index contributed by atoms with van der Waals surface area (Å²) >= 11 is 0. The Balaban J connectivity index is 1.82. The molecule has 0 aromatic carbocycles. The lowest BCUT2D eigenvalue weighted by Gasteiger charge is -2.38. The molecule has 1 saturated heterocycles. The molecule has 21 heavy (non-hydrogen) atoms. The third-order valence-electron chi connectivity index (χ3n) is 3.11. The number of aromatic nitrogens is 2. The fourth-order valence-electron chi connectivity index (χ4n) is 2.01. The van der Waals surface area contributed by atoms with Crippen molar-refractivity contribution in [2.75, 3.05) is 25.1 Å². The van der Waals surface area contributed by atoms with Gasteiger partial charge in [-0.1, -0.05) is 6.92 Å². The Labute approximate surface area is 124 Å². The zero-order valence-corrected chi connectivity index (χ0v) is 13.1. The summed E-state index contributed by atoms with van der Waals surface area (Å²) in [6.07, 6.45) is 1.20. The van der Waals surface area contributed by atoms with Crippen LogP contribution in [0.4, 0.5) is 10.6 Å². The van der Waals surface area contributed by atoms with Gasteiger partial charge in [0, 0.05) is 24.1 Å². The highest BCUT2D eigenvalue weighted by molar-refractivity contribution is 5.84. The van der Waals surface area contributed by atoms with Crippen molar-refractivity contribution in [2.45, 2.75) is 39.8 Å². The monoisotopic (exact) mass is 296 g/mol. The van der Waals surface area contributed by atoms with Crippen LogP contribution >= 0.6 is 0 Å². The normalized spacial score (nSPS) is 17.1. The van der Waals surface area contributed by atoms with Gasteiger partial charge in [-0.05, 0) is 20.8 Å². The lowest BCUT2D eigenvalue weighted by atomic mass is 9.89. The molecular formula is C14H24N4O3. The second-order valence-corrected chi connectivity index (χ2v) is 6.80. The summed E-state index contributed by atoms with van der Waals surface area (Å²) < 4.78 is 10.4. The fourth-order valence-corrected chi connectivity index (χ4v) is 2.01. The summed E-state index contributed by atoms with van der Waals surface area (Å²) in [7, 11) is 0. The van der Waals surface area contributed by atoms with Crippen LogP contribution in [0.15, 0.2) is 6.20 Å². The van der Waals surface area contributed by atoms with E-state index in [-0.39, 0.29) is 5.41 Å². The SMILES string of the molecule is CC1(CNCc2cn[nH]c2NC(=O)OC(C)(C)C)COC1. The Morgan fingerprint density at radius 1 is 1.52 bits per heavy atom. The fraction of sp³-hybridized carbons (Fsp3) is 0.714.